The predicted molar refractivity (Wildman–Crippen MR) is 83.1 cm³/mol. The monoisotopic (exact) mass is 294 g/mol. The van der Waals surface area contributed by atoms with Crippen molar-refractivity contribution in [2.24, 2.45) is 11.7 Å². The van der Waals surface area contributed by atoms with Crippen molar-refractivity contribution in [2.45, 2.75) is 32.9 Å². The van der Waals surface area contributed by atoms with E-state index in [1.165, 1.54) is 11.3 Å². The van der Waals surface area contributed by atoms with Gasteiger partial charge in [0.05, 0.1) is 5.69 Å². The van der Waals surface area contributed by atoms with Crippen LogP contribution in [0, 0.1) is 5.92 Å². The minimum atomic E-state index is -0.0152. The lowest BCUT2D eigenvalue weighted by Crippen LogP contribution is -2.32. The zero-order valence-corrected chi connectivity index (χ0v) is 13.1. The van der Waals surface area contributed by atoms with Crippen molar-refractivity contribution in [1.82, 2.24) is 14.3 Å². The van der Waals surface area contributed by atoms with Crippen LogP contribution in [0.25, 0.3) is 4.96 Å². The largest absolute Gasteiger partial charge is 0.327 e. The lowest BCUT2D eigenvalue weighted by atomic mass is 10.0. The molecule has 0 aliphatic heterocycles. The Bertz CT molecular complexity index is 619. The topological polar surface area (TPSA) is 63.6 Å². The minimum Gasteiger partial charge on any atom is -0.327 e. The van der Waals surface area contributed by atoms with E-state index in [4.69, 9.17) is 5.73 Å². The highest BCUT2D eigenvalue weighted by molar-refractivity contribution is 7.15. The molecule has 2 heterocycles. The molecule has 1 atom stereocenters. The van der Waals surface area contributed by atoms with Crippen molar-refractivity contribution < 1.29 is 0 Å². The third kappa shape index (κ3) is 3.65. The van der Waals surface area contributed by atoms with Crippen LogP contribution < -0.4 is 11.3 Å². The summed E-state index contributed by atoms with van der Waals surface area (Å²) < 4.78 is 1.57. The van der Waals surface area contributed by atoms with E-state index in [0.29, 0.717) is 12.5 Å². The summed E-state index contributed by atoms with van der Waals surface area (Å²) in [7, 11) is 2.03. The molecule has 0 spiro atoms. The SMILES string of the molecule is CC(C)C(N)CCN(C)Cc1cc(=O)n2ccsc2n1. The Morgan fingerprint density at radius 1 is 1.50 bits per heavy atom. The van der Waals surface area contributed by atoms with Gasteiger partial charge in [0.25, 0.3) is 5.56 Å². The summed E-state index contributed by atoms with van der Waals surface area (Å²) in [5.41, 5.74) is 6.85. The molecule has 0 radical (unpaired) electrons. The molecular weight excluding hydrogens is 272 g/mol. The first kappa shape index (κ1) is 15.2. The van der Waals surface area contributed by atoms with Crippen molar-refractivity contribution in [3.05, 3.63) is 33.7 Å². The second-order valence-corrected chi connectivity index (χ2v) is 6.45. The van der Waals surface area contributed by atoms with Gasteiger partial charge in [0, 0.05) is 30.2 Å². The van der Waals surface area contributed by atoms with E-state index in [9.17, 15) is 4.79 Å². The van der Waals surface area contributed by atoms with Gasteiger partial charge in [0.1, 0.15) is 0 Å². The molecule has 0 fully saturated rings. The van der Waals surface area contributed by atoms with Gasteiger partial charge in [-0.1, -0.05) is 13.8 Å². The smallest absolute Gasteiger partial charge is 0.258 e. The standard InChI is InChI=1S/C14H22N4OS/c1-10(2)12(15)4-5-17(3)9-11-8-13(19)18-6-7-20-14(18)16-11/h6-8,10,12H,4-5,9,15H2,1-3H3. The summed E-state index contributed by atoms with van der Waals surface area (Å²) in [6, 6.07) is 1.83. The number of aromatic nitrogens is 2. The molecule has 0 amide bonds. The zero-order chi connectivity index (χ0) is 14.7. The molecule has 110 valence electrons. The molecule has 0 bridgehead atoms. The first-order valence-corrected chi connectivity index (χ1v) is 7.75. The Labute approximate surface area is 123 Å². The van der Waals surface area contributed by atoms with Gasteiger partial charge < -0.3 is 10.6 Å². The summed E-state index contributed by atoms with van der Waals surface area (Å²) in [5, 5.41) is 1.87. The Kier molecular flexibility index (Phi) is 4.91. The van der Waals surface area contributed by atoms with Crippen LogP contribution in [0.3, 0.4) is 0 Å². The highest BCUT2D eigenvalue weighted by Crippen LogP contribution is 2.09. The van der Waals surface area contributed by atoms with Crippen LogP contribution >= 0.6 is 11.3 Å². The summed E-state index contributed by atoms with van der Waals surface area (Å²) in [4.78, 5) is 19.3. The van der Waals surface area contributed by atoms with Crippen molar-refractivity contribution >= 4 is 16.3 Å². The van der Waals surface area contributed by atoms with Gasteiger partial charge in [0.15, 0.2) is 4.96 Å². The Balaban J connectivity index is 1.99. The Morgan fingerprint density at radius 2 is 2.25 bits per heavy atom. The van der Waals surface area contributed by atoms with Crippen molar-refractivity contribution in [3.8, 4) is 0 Å². The van der Waals surface area contributed by atoms with Gasteiger partial charge >= 0.3 is 0 Å². The molecule has 2 aromatic rings. The number of nitrogens with zero attached hydrogens (tertiary/aromatic N) is 3. The third-order valence-corrected chi connectivity index (χ3v) is 4.25. The maximum Gasteiger partial charge on any atom is 0.258 e. The molecule has 5 nitrogen and oxygen atoms in total. The maximum atomic E-state index is 11.9. The van der Waals surface area contributed by atoms with Gasteiger partial charge in [-0.3, -0.25) is 9.20 Å². The Morgan fingerprint density at radius 3 is 2.95 bits per heavy atom. The number of nitrogens with two attached hydrogens (primary N) is 1. The van der Waals surface area contributed by atoms with Crippen LogP contribution in [0.15, 0.2) is 22.4 Å². The molecule has 2 aromatic heterocycles. The molecule has 20 heavy (non-hydrogen) atoms. The van der Waals surface area contributed by atoms with Crippen LogP contribution in [0.1, 0.15) is 26.0 Å². The van der Waals surface area contributed by atoms with E-state index in [1.807, 2.05) is 12.4 Å². The van der Waals surface area contributed by atoms with E-state index in [-0.39, 0.29) is 11.6 Å². The molecule has 2 rings (SSSR count). The molecule has 2 N–H and O–H groups in total. The van der Waals surface area contributed by atoms with Gasteiger partial charge in [-0.15, -0.1) is 11.3 Å². The number of thiazole rings is 1. The fraction of sp³-hybridized carbons (Fsp3) is 0.571. The summed E-state index contributed by atoms with van der Waals surface area (Å²) >= 11 is 1.48. The van der Waals surface area contributed by atoms with Gasteiger partial charge in [0.2, 0.25) is 0 Å². The predicted octanol–water partition coefficient (Wildman–Crippen LogP) is 1.56. The van der Waals surface area contributed by atoms with Gasteiger partial charge in [-0.2, -0.15) is 0 Å². The average Bonchev–Trinajstić information content (AvgIpc) is 2.84. The second kappa shape index (κ2) is 6.47. The molecule has 0 saturated carbocycles. The zero-order valence-electron chi connectivity index (χ0n) is 12.2. The van der Waals surface area contributed by atoms with Crippen LogP contribution in [0.4, 0.5) is 0 Å². The van der Waals surface area contributed by atoms with E-state index >= 15 is 0 Å². The minimum absolute atomic E-state index is 0.0152. The van der Waals surface area contributed by atoms with Crippen LogP contribution in [-0.4, -0.2) is 33.9 Å². The van der Waals surface area contributed by atoms with Gasteiger partial charge in [-0.05, 0) is 25.9 Å². The molecular formula is C14H22N4OS. The lowest BCUT2D eigenvalue weighted by Gasteiger charge is -2.20. The average molecular weight is 294 g/mol. The van der Waals surface area contributed by atoms with Crippen LogP contribution in [0.5, 0.6) is 0 Å². The van der Waals surface area contributed by atoms with Crippen LogP contribution in [-0.2, 0) is 6.54 Å². The van der Waals surface area contributed by atoms with Crippen molar-refractivity contribution in [2.75, 3.05) is 13.6 Å². The molecule has 0 aromatic carbocycles. The fourth-order valence-electron chi connectivity index (χ4n) is 2.03. The fourth-order valence-corrected chi connectivity index (χ4v) is 2.77. The van der Waals surface area contributed by atoms with Crippen molar-refractivity contribution in [3.63, 3.8) is 0 Å². The first-order valence-electron chi connectivity index (χ1n) is 6.87. The summed E-state index contributed by atoms with van der Waals surface area (Å²) in [6.45, 7) is 5.86. The van der Waals surface area contributed by atoms with Crippen molar-refractivity contribution in [1.29, 1.82) is 0 Å². The number of rotatable bonds is 6. The van der Waals surface area contributed by atoms with Crippen LogP contribution in [0.2, 0.25) is 0 Å². The summed E-state index contributed by atoms with van der Waals surface area (Å²) in [5.74, 6) is 0.494. The summed E-state index contributed by atoms with van der Waals surface area (Å²) in [6.07, 6.45) is 2.71. The number of hydrogen-bond donors (Lipinski definition) is 1. The quantitative estimate of drug-likeness (QED) is 0.878. The van der Waals surface area contributed by atoms with E-state index < -0.39 is 0 Å². The Hall–Kier alpha value is -1.24. The highest BCUT2D eigenvalue weighted by Gasteiger charge is 2.10. The highest BCUT2D eigenvalue weighted by atomic mass is 32.1. The van der Waals surface area contributed by atoms with E-state index in [2.05, 4.69) is 23.7 Å². The third-order valence-electron chi connectivity index (χ3n) is 3.49. The maximum absolute atomic E-state index is 11.9. The normalized spacial score (nSPS) is 13.5. The second-order valence-electron chi connectivity index (χ2n) is 5.58. The molecule has 0 aliphatic carbocycles. The number of hydrogen-bond acceptors (Lipinski definition) is 5. The molecule has 1 unspecified atom stereocenters. The molecule has 0 saturated heterocycles. The lowest BCUT2D eigenvalue weighted by molar-refractivity contribution is 0.293. The molecule has 0 aliphatic rings. The number of fused-ring (bicyclic) bond motifs is 1. The van der Waals surface area contributed by atoms with E-state index in [1.54, 1.807) is 16.7 Å². The first-order chi connectivity index (χ1) is 9.47. The van der Waals surface area contributed by atoms with Gasteiger partial charge in [-0.25, -0.2) is 4.98 Å². The van der Waals surface area contributed by atoms with E-state index in [0.717, 1.165) is 23.6 Å². The molecule has 6 heteroatoms.